The van der Waals surface area contributed by atoms with Gasteiger partial charge in [0.05, 0.1) is 12.1 Å². The molecule has 2 N–H and O–H groups in total. The van der Waals surface area contributed by atoms with Gasteiger partial charge >= 0.3 is 0 Å². The number of rotatable bonds is 6. The lowest BCUT2D eigenvalue weighted by Gasteiger charge is -2.28. The minimum absolute atomic E-state index is 0.0186. The molecule has 0 aromatic heterocycles. The maximum atomic E-state index is 6.32. The van der Waals surface area contributed by atoms with Gasteiger partial charge in [0.2, 0.25) is 0 Å². The third-order valence-electron chi connectivity index (χ3n) is 3.42. The van der Waals surface area contributed by atoms with Gasteiger partial charge < -0.3 is 10.5 Å². The van der Waals surface area contributed by atoms with Gasteiger partial charge in [0.15, 0.2) is 0 Å². The first kappa shape index (κ1) is 12.6. The van der Waals surface area contributed by atoms with Crippen LogP contribution in [0.3, 0.4) is 0 Å². The van der Waals surface area contributed by atoms with Crippen LogP contribution in [0.4, 0.5) is 0 Å². The molecule has 2 heteroatoms. The van der Waals surface area contributed by atoms with Crippen LogP contribution in [0.1, 0.15) is 38.3 Å². The van der Waals surface area contributed by atoms with Crippen molar-refractivity contribution in [2.45, 2.75) is 38.8 Å². The van der Waals surface area contributed by atoms with Crippen molar-refractivity contribution in [3.05, 3.63) is 35.9 Å². The van der Waals surface area contributed by atoms with E-state index in [1.165, 1.54) is 18.4 Å². The van der Waals surface area contributed by atoms with E-state index in [2.05, 4.69) is 26.0 Å². The summed E-state index contributed by atoms with van der Waals surface area (Å²) in [6.07, 6.45) is 2.77. The lowest BCUT2D eigenvalue weighted by Crippen LogP contribution is -2.34. The van der Waals surface area contributed by atoms with Crippen LogP contribution in [-0.2, 0) is 4.74 Å². The van der Waals surface area contributed by atoms with Gasteiger partial charge in [-0.2, -0.15) is 0 Å². The van der Waals surface area contributed by atoms with Crippen molar-refractivity contribution in [2.24, 2.45) is 17.6 Å². The number of ether oxygens (including phenoxy) is 1. The van der Waals surface area contributed by atoms with Crippen LogP contribution in [-0.4, -0.2) is 12.7 Å². The number of hydrogen-bond donors (Lipinski definition) is 1. The Morgan fingerprint density at radius 3 is 2.41 bits per heavy atom. The Labute approximate surface area is 104 Å². The van der Waals surface area contributed by atoms with E-state index in [-0.39, 0.29) is 12.1 Å². The fourth-order valence-electron chi connectivity index (χ4n) is 2.11. The summed E-state index contributed by atoms with van der Waals surface area (Å²) in [7, 11) is 0. The van der Waals surface area contributed by atoms with Crippen LogP contribution in [0.15, 0.2) is 30.3 Å². The van der Waals surface area contributed by atoms with Crippen LogP contribution in [0.25, 0.3) is 0 Å². The highest BCUT2D eigenvalue weighted by atomic mass is 16.5. The minimum Gasteiger partial charge on any atom is -0.376 e. The second-order valence-electron chi connectivity index (χ2n) is 5.42. The van der Waals surface area contributed by atoms with Crippen molar-refractivity contribution in [1.82, 2.24) is 0 Å². The third-order valence-corrected chi connectivity index (χ3v) is 3.42. The van der Waals surface area contributed by atoms with Gasteiger partial charge in [-0.25, -0.2) is 0 Å². The molecular weight excluding hydrogens is 210 g/mol. The van der Waals surface area contributed by atoms with Gasteiger partial charge in [0, 0.05) is 6.61 Å². The van der Waals surface area contributed by atoms with Crippen molar-refractivity contribution in [1.29, 1.82) is 0 Å². The second-order valence-corrected chi connectivity index (χ2v) is 5.42. The van der Waals surface area contributed by atoms with Crippen LogP contribution in [0, 0.1) is 11.8 Å². The molecule has 1 aromatic rings. The molecule has 0 radical (unpaired) electrons. The van der Waals surface area contributed by atoms with Crippen molar-refractivity contribution in [2.75, 3.05) is 6.61 Å². The largest absolute Gasteiger partial charge is 0.376 e. The second kappa shape index (κ2) is 5.65. The van der Waals surface area contributed by atoms with E-state index < -0.39 is 0 Å². The molecule has 2 nitrogen and oxygen atoms in total. The molecule has 0 amide bonds. The molecule has 0 bridgehead atoms. The lowest BCUT2D eigenvalue weighted by molar-refractivity contribution is -0.00103. The molecule has 0 heterocycles. The Morgan fingerprint density at radius 2 is 1.88 bits per heavy atom. The Balaban J connectivity index is 1.98. The van der Waals surface area contributed by atoms with E-state index in [9.17, 15) is 0 Å². The highest BCUT2D eigenvalue weighted by Crippen LogP contribution is 2.31. The quantitative estimate of drug-likeness (QED) is 0.819. The predicted octanol–water partition coefficient (Wildman–Crippen LogP) is 3.14. The van der Waals surface area contributed by atoms with Crippen LogP contribution < -0.4 is 5.73 Å². The molecule has 2 unspecified atom stereocenters. The highest BCUT2D eigenvalue weighted by molar-refractivity contribution is 5.19. The molecule has 94 valence electrons. The third kappa shape index (κ3) is 3.55. The molecule has 1 aliphatic carbocycles. The van der Waals surface area contributed by atoms with E-state index >= 15 is 0 Å². The standard InChI is InChI=1S/C15H23NO/c1-11(2)15(17-10-12-8-9-12)14(16)13-6-4-3-5-7-13/h3-7,11-12,14-15H,8-10,16H2,1-2H3. The zero-order valence-electron chi connectivity index (χ0n) is 10.8. The molecule has 1 saturated carbocycles. The molecule has 0 saturated heterocycles. The van der Waals surface area contributed by atoms with Crippen molar-refractivity contribution >= 4 is 0 Å². The zero-order chi connectivity index (χ0) is 12.3. The summed E-state index contributed by atoms with van der Waals surface area (Å²) < 4.78 is 6.02. The molecule has 1 aromatic carbocycles. The van der Waals surface area contributed by atoms with Gasteiger partial charge in [-0.15, -0.1) is 0 Å². The summed E-state index contributed by atoms with van der Waals surface area (Å²) in [6.45, 7) is 5.24. The Bertz CT molecular complexity index is 332. The normalized spacial score (nSPS) is 19.3. The van der Waals surface area contributed by atoms with Crippen molar-refractivity contribution in [3.63, 3.8) is 0 Å². The first-order valence-corrected chi connectivity index (χ1v) is 6.60. The summed E-state index contributed by atoms with van der Waals surface area (Å²) in [6, 6.07) is 10.2. The van der Waals surface area contributed by atoms with Gasteiger partial charge in [-0.1, -0.05) is 44.2 Å². The van der Waals surface area contributed by atoms with E-state index in [1.54, 1.807) is 0 Å². The Kier molecular flexibility index (Phi) is 4.19. The Morgan fingerprint density at radius 1 is 1.24 bits per heavy atom. The molecule has 0 spiro atoms. The van der Waals surface area contributed by atoms with Crippen molar-refractivity contribution in [3.8, 4) is 0 Å². The van der Waals surface area contributed by atoms with Gasteiger partial charge in [0.25, 0.3) is 0 Å². The van der Waals surface area contributed by atoms with E-state index in [4.69, 9.17) is 10.5 Å². The average Bonchev–Trinajstić information content (AvgIpc) is 3.14. The van der Waals surface area contributed by atoms with E-state index in [1.807, 2.05) is 18.2 Å². The number of nitrogens with two attached hydrogens (primary N) is 1. The first-order valence-electron chi connectivity index (χ1n) is 6.60. The molecule has 2 atom stereocenters. The molecule has 1 fully saturated rings. The van der Waals surface area contributed by atoms with E-state index in [0.29, 0.717) is 5.92 Å². The van der Waals surface area contributed by atoms with Crippen LogP contribution in [0.5, 0.6) is 0 Å². The SMILES string of the molecule is CC(C)C(OCC1CC1)C(N)c1ccccc1. The average molecular weight is 233 g/mol. The maximum Gasteiger partial charge on any atom is 0.0790 e. The first-order chi connectivity index (χ1) is 8.18. The summed E-state index contributed by atoms with van der Waals surface area (Å²) >= 11 is 0. The highest BCUT2D eigenvalue weighted by Gasteiger charge is 2.27. The maximum absolute atomic E-state index is 6.32. The smallest absolute Gasteiger partial charge is 0.0790 e. The van der Waals surface area contributed by atoms with E-state index in [0.717, 1.165) is 12.5 Å². The topological polar surface area (TPSA) is 35.2 Å². The molecule has 1 aliphatic rings. The van der Waals surface area contributed by atoms with Crippen LogP contribution >= 0.6 is 0 Å². The molecular formula is C15H23NO. The summed E-state index contributed by atoms with van der Waals surface area (Å²) in [5.74, 6) is 1.24. The summed E-state index contributed by atoms with van der Waals surface area (Å²) in [5, 5.41) is 0. The molecule has 2 rings (SSSR count). The van der Waals surface area contributed by atoms with Crippen molar-refractivity contribution < 1.29 is 4.74 Å². The minimum atomic E-state index is -0.0186. The van der Waals surface area contributed by atoms with Gasteiger partial charge in [0.1, 0.15) is 0 Å². The molecule has 17 heavy (non-hydrogen) atoms. The predicted molar refractivity (Wildman–Crippen MR) is 70.7 cm³/mol. The van der Waals surface area contributed by atoms with Gasteiger partial charge in [-0.3, -0.25) is 0 Å². The monoisotopic (exact) mass is 233 g/mol. The number of hydrogen-bond acceptors (Lipinski definition) is 2. The van der Waals surface area contributed by atoms with Gasteiger partial charge in [-0.05, 0) is 30.2 Å². The zero-order valence-corrected chi connectivity index (χ0v) is 10.8. The summed E-state index contributed by atoms with van der Waals surface area (Å²) in [4.78, 5) is 0. The lowest BCUT2D eigenvalue weighted by atomic mass is 9.94. The summed E-state index contributed by atoms with van der Waals surface area (Å²) in [5.41, 5.74) is 7.49. The van der Waals surface area contributed by atoms with Crippen LogP contribution in [0.2, 0.25) is 0 Å². The fourth-order valence-corrected chi connectivity index (χ4v) is 2.11. The Hall–Kier alpha value is -0.860. The number of benzene rings is 1. The fraction of sp³-hybridized carbons (Fsp3) is 0.600. The molecule has 0 aliphatic heterocycles.